The van der Waals surface area contributed by atoms with Gasteiger partial charge in [0.1, 0.15) is 0 Å². The molecule has 0 radical (unpaired) electrons. The molecule has 98 valence electrons. The van der Waals surface area contributed by atoms with E-state index in [9.17, 15) is 8.42 Å². The molecule has 0 unspecified atom stereocenters. The van der Waals surface area contributed by atoms with Crippen molar-refractivity contribution in [2.45, 2.75) is 6.92 Å². The summed E-state index contributed by atoms with van der Waals surface area (Å²) in [4.78, 5) is 0. The Balaban J connectivity index is 2.54. The SMILES string of the molecule is Cc1ccc(-c2ccccc2)c(/C=C/S(C)(=O)=O)c1. The number of aryl methyl sites for hydroxylation is 1. The van der Waals surface area contributed by atoms with Crippen LogP contribution in [0.3, 0.4) is 0 Å². The molecule has 0 saturated heterocycles. The molecule has 2 nitrogen and oxygen atoms in total. The molecule has 0 aliphatic carbocycles. The first-order valence-corrected chi connectivity index (χ1v) is 7.95. The summed E-state index contributed by atoms with van der Waals surface area (Å²) in [5.74, 6) is 0. The lowest BCUT2D eigenvalue weighted by molar-refractivity contribution is 0.610. The van der Waals surface area contributed by atoms with E-state index in [2.05, 4.69) is 0 Å². The number of benzene rings is 2. The second-order valence-corrected chi connectivity index (χ2v) is 6.52. The van der Waals surface area contributed by atoms with E-state index < -0.39 is 9.84 Å². The summed E-state index contributed by atoms with van der Waals surface area (Å²) >= 11 is 0. The number of hydrogen-bond donors (Lipinski definition) is 0. The Bertz CT molecular complexity index is 699. The maximum absolute atomic E-state index is 11.3. The number of hydrogen-bond acceptors (Lipinski definition) is 2. The van der Waals surface area contributed by atoms with Crippen LogP contribution in [0.25, 0.3) is 17.2 Å². The van der Waals surface area contributed by atoms with Gasteiger partial charge in [-0.2, -0.15) is 0 Å². The Hall–Kier alpha value is -1.87. The standard InChI is InChI=1S/C16H16O2S/c1-13-8-9-16(14-6-4-3-5-7-14)15(12-13)10-11-19(2,17)18/h3-12H,1-2H3/b11-10+. The molecule has 0 bridgehead atoms. The van der Waals surface area contributed by atoms with Crippen LogP contribution in [0, 0.1) is 6.92 Å². The summed E-state index contributed by atoms with van der Waals surface area (Å²) < 4.78 is 22.5. The van der Waals surface area contributed by atoms with Crippen LogP contribution in [0.5, 0.6) is 0 Å². The second kappa shape index (κ2) is 5.41. The van der Waals surface area contributed by atoms with Gasteiger partial charge in [-0.05, 0) is 29.7 Å². The Kier molecular flexibility index (Phi) is 3.86. The molecule has 0 atom stereocenters. The molecule has 0 amide bonds. The van der Waals surface area contributed by atoms with Crippen LogP contribution in [-0.2, 0) is 9.84 Å². The molecule has 0 aliphatic heterocycles. The third kappa shape index (κ3) is 3.80. The summed E-state index contributed by atoms with van der Waals surface area (Å²) in [5.41, 5.74) is 4.13. The van der Waals surface area contributed by atoms with E-state index in [1.165, 1.54) is 11.7 Å². The van der Waals surface area contributed by atoms with Crippen molar-refractivity contribution in [1.29, 1.82) is 0 Å². The van der Waals surface area contributed by atoms with Gasteiger partial charge >= 0.3 is 0 Å². The second-order valence-electron chi connectivity index (χ2n) is 4.59. The highest BCUT2D eigenvalue weighted by Gasteiger charge is 2.03. The van der Waals surface area contributed by atoms with Crippen molar-refractivity contribution in [3.63, 3.8) is 0 Å². The molecular weight excluding hydrogens is 256 g/mol. The van der Waals surface area contributed by atoms with Crippen molar-refractivity contribution in [3.8, 4) is 11.1 Å². The van der Waals surface area contributed by atoms with Crippen LogP contribution < -0.4 is 0 Å². The largest absolute Gasteiger partial charge is 0.225 e. The Morgan fingerprint density at radius 3 is 2.32 bits per heavy atom. The maximum Gasteiger partial charge on any atom is 0.168 e. The van der Waals surface area contributed by atoms with Crippen molar-refractivity contribution in [2.75, 3.05) is 6.26 Å². The molecule has 3 heteroatoms. The van der Waals surface area contributed by atoms with Gasteiger partial charge in [0.05, 0.1) is 0 Å². The fraction of sp³-hybridized carbons (Fsp3) is 0.125. The molecule has 0 aliphatic rings. The van der Waals surface area contributed by atoms with Crippen LogP contribution in [0.4, 0.5) is 0 Å². The zero-order valence-electron chi connectivity index (χ0n) is 11.0. The summed E-state index contributed by atoms with van der Waals surface area (Å²) in [6, 6.07) is 16.0. The fourth-order valence-corrected chi connectivity index (χ4v) is 2.29. The normalized spacial score (nSPS) is 11.9. The summed E-state index contributed by atoms with van der Waals surface area (Å²) in [6.07, 6.45) is 2.85. The molecule has 0 heterocycles. The molecule has 2 aromatic carbocycles. The van der Waals surface area contributed by atoms with Crippen molar-refractivity contribution in [3.05, 3.63) is 65.1 Å². The van der Waals surface area contributed by atoms with Crippen molar-refractivity contribution >= 4 is 15.9 Å². The minimum absolute atomic E-state index is 0.914. The topological polar surface area (TPSA) is 34.1 Å². The fourth-order valence-electron chi connectivity index (χ4n) is 1.90. The molecule has 2 aromatic rings. The van der Waals surface area contributed by atoms with E-state index in [0.717, 1.165) is 22.3 Å². The average molecular weight is 272 g/mol. The number of rotatable bonds is 3. The molecular formula is C16H16O2S. The van der Waals surface area contributed by atoms with Gasteiger partial charge in [0.15, 0.2) is 9.84 Å². The lowest BCUT2D eigenvalue weighted by Crippen LogP contribution is -1.89. The zero-order chi connectivity index (χ0) is 13.9. The quantitative estimate of drug-likeness (QED) is 0.854. The van der Waals surface area contributed by atoms with Gasteiger partial charge in [0.25, 0.3) is 0 Å². The molecule has 19 heavy (non-hydrogen) atoms. The lowest BCUT2D eigenvalue weighted by Gasteiger charge is -2.07. The van der Waals surface area contributed by atoms with Crippen LogP contribution >= 0.6 is 0 Å². The third-order valence-electron chi connectivity index (χ3n) is 2.79. The van der Waals surface area contributed by atoms with Crippen molar-refractivity contribution in [1.82, 2.24) is 0 Å². The molecule has 0 spiro atoms. The molecule has 0 saturated carbocycles. The van der Waals surface area contributed by atoms with Gasteiger partial charge in [-0.25, -0.2) is 8.42 Å². The van der Waals surface area contributed by atoms with Crippen molar-refractivity contribution < 1.29 is 8.42 Å². The molecule has 2 rings (SSSR count). The Labute approximate surface area is 114 Å². The predicted octanol–water partition coefficient (Wildman–Crippen LogP) is 3.68. The van der Waals surface area contributed by atoms with Gasteiger partial charge in [0.2, 0.25) is 0 Å². The Morgan fingerprint density at radius 1 is 1.00 bits per heavy atom. The predicted molar refractivity (Wildman–Crippen MR) is 80.5 cm³/mol. The number of sulfone groups is 1. The summed E-state index contributed by atoms with van der Waals surface area (Å²) in [7, 11) is -3.11. The summed E-state index contributed by atoms with van der Waals surface area (Å²) in [5, 5.41) is 1.24. The van der Waals surface area contributed by atoms with E-state index in [0.29, 0.717) is 0 Å². The average Bonchev–Trinajstić information content (AvgIpc) is 2.37. The zero-order valence-corrected chi connectivity index (χ0v) is 11.8. The molecule has 0 fully saturated rings. The van der Waals surface area contributed by atoms with Crippen LogP contribution in [0.1, 0.15) is 11.1 Å². The molecule has 0 N–H and O–H groups in total. The first kappa shape index (κ1) is 13.6. The maximum atomic E-state index is 11.3. The van der Waals surface area contributed by atoms with Gasteiger partial charge in [-0.1, -0.05) is 54.1 Å². The first-order chi connectivity index (χ1) is 8.96. The summed E-state index contributed by atoms with van der Waals surface area (Å²) in [6.45, 7) is 1.99. The van der Waals surface area contributed by atoms with Gasteiger partial charge in [0, 0.05) is 11.7 Å². The van der Waals surface area contributed by atoms with Gasteiger partial charge in [-0.3, -0.25) is 0 Å². The third-order valence-corrected chi connectivity index (χ3v) is 3.42. The molecule has 0 aromatic heterocycles. The monoisotopic (exact) mass is 272 g/mol. The minimum Gasteiger partial charge on any atom is -0.225 e. The highest BCUT2D eigenvalue weighted by molar-refractivity contribution is 7.93. The first-order valence-electron chi connectivity index (χ1n) is 6.00. The van der Waals surface area contributed by atoms with Crippen molar-refractivity contribution in [2.24, 2.45) is 0 Å². The van der Waals surface area contributed by atoms with E-state index in [4.69, 9.17) is 0 Å². The Morgan fingerprint density at radius 2 is 1.68 bits per heavy atom. The van der Waals surface area contributed by atoms with E-state index in [1.54, 1.807) is 6.08 Å². The van der Waals surface area contributed by atoms with Crippen LogP contribution in [0.15, 0.2) is 53.9 Å². The van der Waals surface area contributed by atoms with E-state index in [1.807, 2.05) is 55.5 Å². The highest BCUT2D eigenvalue weighted by Crippen LogP contribution is 2.25. The smallest absolute Gasteiger partial charge is 0.168 e. The van der Waals surface area contributed by atoms with Gasteiger partial charge in [-0.15, -0.1) is 0 Å². The van der Waals surface area contributed by atoms with E-state index >= 15 is 0 Å². The van der Waals surface area contributed by atoms with Gasteiger partial charge < -0.3 is 0 Å². The lowest BCUT2D eigenvalue weighted by atomic mass is 9.98. The van der Waals surface area contributed by atoms with E-state index in [-0.39, 0.29) is 0 Å². The van der Waals surface area contributed by atoms with Crippen LogP contribution in [-0.4, -0.2) is 14.7 Å². The minimum atomic E-state index is -3.11. The highest BCUT2D eigenvalue weighted by atomic mass is 32.2. The van der Waals surface area contributed by atoms with Crippen LogP contribution in [0.2, 0.25) is 0 Å².